The average molecular weight is 169 g/mol. The first-order valence-corrected chi connectivity index (χ1v) is 4.91. The van der Waals surface area contributed by atoms with Crippen molar-refractivity contribution in [2.45, 2.75) is 61.3 Å². The smallest absolute Gasteiger partial charge is 0.0262 e. The van der Waals surface area contributed by atoms with E-state index < -0.39 is 0 Å². The normalized spacial score (nSPS) is 14.0. The lowest BCUT2D eigenvalue weighted by molar-refractivity contribution is 0.326. The molecular weight excluding hydrogens is 144 g/mol. The minimum Gasteiger partial charge on any atom is -0.0602 e. The van der Waals surface area contributed by atoms with E-state index in [4.69, 9.17) is 0 Å². The maximum Gasteiger partial charge on any atom is -0.0262 e. The van der Waals surface area contributed by atoms with Gasteiger partial charge < -0.3 is 0 Å². The van der Waals surface area contributed by atoms with Crippen molar-refractivity contribution in [3.8, 4) is 0 Å². The maximum absolute atomic E-state index is 2.30. The fraction of sp³-hybridized carbons (Fsp3) is 0.917. The monoisotopic (exact) mass is 169 g/mol. The molecule has 0 heterocycles. The zero-order valence-corrected chi connectivity index (χ0v) is 9.91. The van der Waals surface area contributed by atoms with Crippen LogP contribution in [0.15, 0.2) is 0 Å². The van der Waals surface area contributed by atoms with Gasteiger partial charge in [-0.05, 0) is 29.6 Å². The van der Waals surface area contributed by atoms with Gasteiger partial charge in [-0.15, -0.1) is 0 Å². The molecule has 0 nitrogen and oxygen atoms in total. The number of hydrogen-bond acceptors (Lipinski definition) is 0. The van der Waals surface area contributed by atoms with Crippen LogP contribution in [0.3, 0.4) is 0 Å². The lowest BCUT2D eigenvalue weighted by Gasteiger charge is -2.28. The van der Waals surface area contributed by atoms with Crippen molar-refractivity contribution in [3.05, 3.63) is 5.92 Å². The molecule has 0 aliphatic heterocycles. The summed E-state index contributed by atoms with van der Waals surface area (Å²) < 4.78 is 0. The van der Waals surface area contributed by atoms with E-state index in [1.54, 1.807) is 5.92 Å². The van der Waals surface area contributed by atoms with Crippen LogP contribution >= 0.6 is 0 Å². The second kappa shape index (κ2) is 3.81. The lowest BCUT2D eigenvalue weighted by atomic mass is 9.78. The molecule has 0 spiro atoms. The molecule has 0 atom stereocenters. The first-order chi connectivity index (χ1) is 5.10. The van der Waals surface area contributed by atoms with Crippen molar-refractivity contribution in [2.24, 2.45) is 10.8 Å². The van der Waals surface area contributed by atoms with Gasteiger partial charge in [0.15, 0.2) is 0 Å². The van der Waals surface area contributed by atoms with Gasteiger partial charge in [0, 0.05) is 0 Å². The van der Waals surface area contributed by atoms with Crippen molar-refractivity contribution in [1.29, 1.82) is 0 Å². The molecule has 1 radical (unpaired) electrons. The van der Waals surface area contributed by atoms with Gasteiger partial charge in [0.25, 0.3) is 0 Å². The molecule has 0 heteroatoms. The Morgan fingerprint density at radius 2 is 1.00 bits per heavy atom. The summed E-state index contributed by atoms with van der Waals surface area (Å²) in [5.41, 5.74) is 0.907. The van der Waals surface area contributed by atoms with Crippen LogP contribution in [0.1, 0.15) is 61.3 Å². The van der Waals surface area contributed by atoms with Crippen molar-refractivity contribution in [1.82, 2.24) is 0 Å². The van der Waals surface area contributed by atoms with Gasteiger partial charge in [0.2, 0.25) is 0 Å². The van der Waals surface area contributed by atoms with Crippen molar-refractivity contribution >= 4 is 0 Å². The molecular formula is C12H25. The standard InChI is InChI=1S/C12H25/c1-10(8-11(2,3)4)9-12(5,6)7/h8-9H2,1-7H3. The van der Waals surface area contributed by atoms with Crippen LogP contribution in [0.5, 0.6) is 0 Å². The summed E-state index contributed by atoms with van der Waals surface area (Å²) in [6.07, 6.45) is 2.51. The van der Waals surface area contributed by atoms with Crippen LogP contribution in [-0.4, -0.2) is 0 Å². The Hall–Kier alpha value is 0. The largest absolute Gasteiger partial charge is 0.0602 e. The van der Waals surface area contributed by atoms with Gasteiger partial charge in [-0.3, -0.25) is 0 Å². The molecule has 0 N–H and O–H groups in total. The SMILES string of the molecule is C[C](CC(C)(C)C)CC(C)(C)C. The van der Waals surface area contributed by atoms with Crippen LogP contribution in [0.4, 0.5) is 0 Å². The average Bonchev–Trinajstić information content (AvgIpc) is 1.49. The predicted octanol–water partition coefficient (Wildman–Crippen LogP) is 4.45. The molecule has 0 aliphatic carbocycles. The fourth-order valence-corrected chi connectivity index (χ4v) is 1.87. The topological polar surface area (TPSA) is 0 Å². The summed E-state index contributed by atoms with van der Waals surface area (Å²) in [5, 5.41) is 0. The Balaban J connectivity index is 3.83. The van der Waals surface area contributed by atoms with E-state index in [-0.39, 0.29) is 0 Å². The summed E-state index contributed by atoms with van der Waals surface area (Å²) in [6, 6.07) is 0. The highest BCUT2D eigenvalue weighted by atomic mass is 14.3. The third-order valence-corrected chi connectivity index (χ3v) is 1.66. The van der Waals surface area contributed by atoms with Crippen molar-refractivity contribution in [2.75, 3.05) is 0 Å². The third-order valence-electron chi connectivity index (χ3n) is 1.66. The van der Waals surface area contributed by atoms with Gasteiger partial charge in [0.1, 0.15) is 0 Å². The van der Waals surface area contributed by atoms with Gasteiger partial charge >= 0.3 is 0 Å². The second-order valence-electron chi connectivity index (χ2n) is 6.43. The molecule has 0 aromatic rings. The zero-order chi connectivity index (χ0) is 9.99. The Morgan fingerprint density at radius 3 is 1.17 bits per heavy atom. The minimum atomic E-state index is 0.454. The molecule has 0 amide bonds. The quantitative estimate of drug-likeness (QED) is 0.573. The van der Waals surface area contributed by atoms with Gasteiger partial charge in [-0.1, -0.05) is 48.5 Å². The predicted molar refractivity (Wildman–Crippen MR) is 57.1 cm³/mol. The Morgan fingerprint density at radius 1 is 0.750 bits per heavy atom. The summed E-state index contributed by atoms with van der Waals surface area (Å²) in [4.78, 5) is 0. The molecule has 0 saturated heterocycles. The Labute approximate surface area is 78.8 Å². The van der Waals surface area contributed by atoms with E-state index >= 15 is 0 Å². The van der Waals surface area contributed by atoms with Gasteiger partial charge in [-0.25, -0.2) is 0 Å². The zero-order valence-electron chi connectivity index (χ0n) is 9.91. The van der Waals surface area contributed by atoms with Crippen LogP contribution in [0.25, 0.3) is 0 Å². The van der Waals surface area contributed by atoms with E-state index in [0.29, 0.717) is 10.8 Å². The molecule has 73 valence electrons. The summed E-state index contributed by atoms with van der Waals surface area (Å²) in [6.45, 7) is 16.1. The van der Waals surface area contributed by atoms with Crippen LogP contribution in [-0.2, 0) is 0 Å². The Kier molecular flexibility index (Phi) is 3.81. The highest BCUT2D eigenvalue weighted by molar-refractivity contribution is 4.92. The molecule has 0 rings (SSSR count). The van der Waals surface area contributed by atoms with E-state index in [1.165, 1.54) is 12.8 Å². The molecule has 0 saturated carbocycles. The van der Waals surface area contributed by atoms with Gasteiger partial charge in [-0.2, -0.15) is 0 Å². The minimum absolute atomic E-state index is 0.454. The summed E-state index contributed by atoms with van der Waals surface area (Å²) in [7, 11) is 0. The lowest BCUT2D eigenvalue weighted by Crippen LogP contribution is -2.15. The van der Waals surface area contributed by atoms with E-state index in [1.807, 2.05) is 0 Å². The first kappa shape index (κ1) is 12.0. The van der Waals surface area contributed by atoms with Gasteiger partial charge in [0.05, 0.1) is 0 Å². The van der Waals surface area contributed by atoms with Crippen LogP contribution in [0, 0.1) is 16.7 Å². The first-order valence-electron chi connectivity index (χ1n) is 4.91. The van der Waals surface area contributed by atoms with Crippen LogP contribution in [0.2, 0.25) is 0 Å². The highest BCUT2D eigenvalue weighted by Gasteiger charge is 2.20. The third kappa shape index (κ3) is 8.10. The number of hydrogen-bond donors (Lipinski definition) is 0. The molecule has 0 bridgehead atoms. The molecule has 0 aromatic carbocycles. The van der Waals surface area contributed by atoms with Crippen molar-refractivity contribution < 1.29 is 0 Å². The maximum atomic E-state index is 2.30. The van der Waals surface area contributed by atoms with E-state index in [0.717, 1.165) is 0 Å². The molecule has 0 aliphatic rings. The Bertz CT molecular complexity index is 104. The molecule has 0 unspecified atom stereocenters. The molecule has 0 fully saturated rings. The molecule has 0 aromatic heterocycles. The van der Waals surface area contributed by atoms with E-state index in [2.05, 4.69) is 48.5 Å². The van der Waals surface area contributed by atoms with Crippen LogP contribution < -0.4 is 0 Å². The van der Waals surface area contributed by atoms with E-state index in [9.17, 15) is 0 Å². The molecule has 12 heavy (non-hydrogen) atoms. The highest BCUT2D eigenvalue weighted by Crippen LogP contribution is 2.33. The summed E-state index contributed by atoms with van der Waals surface area (Å²) in [5.74, 6) is 1.63. The second-order valence-corrected chi connectivity index (χ2v) is 6.43. The fourth-order valence-electron chi connectivity index (χ4n) is 1.87. The number of rotatable bonds is 2. The summed E-state index contributed by atoms with van der Waals surface area (Å²) >= 11 is 0. The van der Waals surface area contributed by atoms with Crippen molar-refractivity contribution in [3.63, 3.8) is 0 Å².